The third kappa shape index (κ3) is 6.73. The van der Waals surface area contributed by atoms with E-state index in [1.54, 1.807) is 18.3 Å². The molecule has 0 aliphatic heterocycles. The molecule has 41 heavy (non-hydrogen) atoms. The number of pyridine rings is 2. The summed E-state index contributed by atoms with van der Waals surface area (Å²) in [4.78, 5) is 8.85. The molecule has 211 valence electrons. The molecule has 3 nitrogen and oxygen atoms in total. The zero-order valence-electron chi connectivity index (χ0n) is 27.6. The van der Waals surface area contributed by atoms with E-state index in [9.17, 15) is 4.39 Å². The summed E-state index contributed by atoms with van der Waals surface area (Å²) >= 11 is 0. The Morgan fingerprint density at radius 3 is 2.41 bits per heavy atom. The standard InChI is InChI=1S/C20H15FNO.C15H18NSi.Ir/c1-12(2)13-9-10-22-17(11-13)14-7-8-16(21)19-15-5-3-4-6-18(15)23-20(14)19;1-12-5-7-13(8-6-12)15-10-9-14(11-16-15)17(2,3)4;/h3-6,8-12H,1-2H3;5-7,9-11H,1-4H3;/q2*-1;/i12D;1D3;. The van der Waals surface area contributed by atoms with E-state index in [1.165, 1.54) is 17.3 Å². The van der Waals surface area contributed by atoms with Crippen molar-refractivity contribution < 1.29 is 34.4 Å². The topological polar surface area (TPSA) is 38.9 Å². The summed E-state index contributed by atoms with van der Waals surface area (Å²) in [7, 11) is -1.34. The Labute approximate surface area is 261 Å². The van der Waals surface area contributed by atoms with Crippen LogP contribution in [-0.4, -0.2) is 18.0 Å². The molecule has 0 bridgehead atoms. The number of hydrogen-bond donors (Lipinski definition) is 0. The van der Waals surface area contributed by atoms with Gasteiger partial charge in [-0.3, -0.25) is 4.39 Å². The van der Waals surface area contributed by atoms with Crippen LogP contribution in [0.25, 0.3) is 44.5 Å². The second-order valence-electron chi connectivity index (χ2n) is 10.9. The number of benzene rings is 3. The largest absolute Gasteiger partial charge is 0.500 e. The van der Waals surface area contributed by atoms with Crippen molar-refractivity contribution in [1.82, 2.24) is 9.97 Å². The van der Waals surface area contributed by atoms with Gasteiger partial charge in [-0.15, -0.1) is 47.5 Å². The number of para-hydroxylation sites is 1. The van der Waals surface area contributed by atoms with Gasteiger partial charge in [-0.2, -0.15) is 0 Å². The maximum absolute atomic E-state index is 14.4. The maximum Gasteiger partial charge on any atom is 0.121 e. The fraction of sp³-hybridized carbons (Fsp3) is 0.200. The Hall–Kier alpha value is -3.44. The number of aryl methyl sites for hydroxylation is 1. The summed E-state index contributed by atoms with van der Waals surface area (Å²) in [6.07, 6.45) is 3.58. The van der Waals surface area contributed by atoms with Crippen LogP contribution in [0.2, 0.25) is 19.6 Å². The Morgan fingerprint density at radius 1 is 0.951 bits per heavy atom. The minimum atomic E-state index is -2.08. The molecule has 3 aromatic heterocycles. The Balaban J connectivity index is 0.000000204. The molecule has 0 spiro atoms. The fourth-order valence-corrected chi connectivity index (χ4v) is 5.42. The molecule has 3 aromatic carbocycles. The molecule has 0 atom stereocenters. The first kappa shape index (κ1) is 25.3. The van der Waals surface area contributed by atoms with Crippen molar-refractivity contribution >= 4 is 35.2 Å². The summed E-state index contributed by atoms with van der Waals surface area (Å²) in [6, 6.07) is 27.3. The smallest absolute Gasteiger partial charge is 0.121 e. The Bertz CT molecular complexity index is 1870. The summed E-state index contributed by atoms with van der Waals surface area (Å²) < 4.78 is 50.5. The number of furan rings is 1. The summed E-state index contributed by atoms with van der Waals surface area (Å²) in [6.45, 7) is 8.39. The van der Waals surface area contributed by atoms with Crippen LogP contribution in [0, 0.1) is 24.8 Å². The van der Waals surface area contributed by atoms with Crippen LogP contribution in [0.5, 0.6) is 0 Å². The number of nitrogens with zero attached hydrogens (tertiary/aromatic N) is 2. The molecule has 0 fully saturated rings. The molecule has 6 heteroatoms. The average molecular weight is 741 g/mol. The number of rotatable bonds is 4. The molecule has 3 heterocycles. The van der Waals surface area contributed by atoms with Gasteiger partial charge in [0.15, 0.2) is 0 Å². The predicted molar refractivity (Wildman–Crippen MR) is 166 cm³/mol. The van der Waals surface area contributed by atoms with Crippen molar-refractivity contribution in [2.24, 2.45) is 0 Å². The van der Waals surface area contributed by atoms with Crippen LogP contribution >= 0.6 is 0 Å². The number of aromatic nitrogens is 2. The minimum absolute atomic E-state index is 0. The van der Waals surface area contributed by atoms with E-state index in [0.29, 0.717) is 33.4 Å². The van der Waals surface area contributed by atoms with E-state index in [0.717, 1.165) is 22.2 Å². The van der Waals surface area contributed by atoms with Crippen LogP contribution in [0.4, 0.5) is 4.39 Å². The van der Waals surface area contributed by atoms with Gasteiger partial charge in [0.1, 0.15) is 5.58 Å². The molecule has 0 unspecified atom stereocenters. The van der Waals surface area contributed by atoms with Crippen molar-refractivity contribution in [3.05, 3.63) is 114 Å². The summed E-state index contributed by atoms with van der Waals surface area (Å²) in [5, 5.41) is 2.48. The van der Waals surface area contributed by atoms with Gasteiger partial charge in [0.05, 0.1) is 13.7 Å². The third-order valence-electron chi connectivity index (χ3n) is 6.72. The van der Waals surface area contributed by atoms with Crippen molar-refractivity contribution in [3.8, 4) is 22.5 Å². The minimum Gasteiger partial charge on any atom is -0.500 e. The number of fused-ring (bicyclic) bond motifs is 3. The van der Waals surface area contributed by atoms with E-state index >= 15 is 0 Å². The van der Waals surface area contributed by atoms with Gasteiger partial charge in [0, 0.05) is 49.2 Å². The molecule has 0 saturated carbocycles. The molecule has 0 aliphatic rings. The molecular formula is C35H33FIrN2OSi-2. The van der Waals surface area contributed by atoms with E-state index in [2.05, 4.69) is 47.8 Å². The molecule has 0 aliphatic carbocycles. The van der Waals surface area contributed by atoms with Gasteiger partial charge in [-0.05, 0) is 40.0 Å². The Kier molecular flexibility index (Phi) is 7.77. The van der Waals surface area contributed by atoms with Gasteiger partial charge < -0.3 is 14.4 Å². The van der Waals surface area contributed by atoms with Gasteiger partial charge in [0.2, 0.25) is 0 Å². The van der Waals surface area contributed by atoms with E-state index in [1.807, 2.05) is 62.5 Å². The van der Waals surface area contributed by atoms with Gasteiger partial charge in [0.25, 0.3) is 0 Å². The van der Waals surface area contributed by atoms with Gasteiger partial charge >= 0.3 is 0 Å². The average Bonchev–Trinajstić information content (AvgIpc) is 3.37. The first-order chi connectivity index (χ1) is 20.6. The second kappa shape index (κ2) is 12.6. The SMILES string of the molecule is [2H]C(C)(C)c1ccnc(-c2[c-]cc(F)c3c2oc2ccccc23)c1.[2H]C([2H])([2H])c1c[c-]c(-c2ccc([Si](C)(C)C)cn2)cc1.[Ir]. The van der Waals surface area contributed by atoms with Crippen molar-refractivity contribution in [3.63, 3.8) is 0 Å². The summed E-state index contributed by atoms with van der Waals surface area (Å²) in [5.74, 6) is -1.11. The summed E-state index contributed by atoms with van der Waals surface area (Å²) in [5.41, 5.74) is 5.07. The van der Waals surface area contributed by atoms with Crippen LogP contribution in [0.3, 0.4) is 0 Å². The zero-order valence-corrected chi connectivity index (χ0v) is 27.0. The van der Waals surface area contributed by atoms with E-state index in [4.69, 9.17) is 9.90 Å². The van der Waals surface area contributed by atoms with Gasteiger partial charge in [-0.1, -0.05) is 87.9 Å². The van der Waals surface area contributed by atoms with E-state index in [-0.39, 0.29) is 25.9 Å². The number of halogens is 1. The quantitative estimate of drug-likeness (QED) is 0.134. The van der Waals surface area contributed by atoms with Crippen molar-refractivity contribution in [2.45, 2.75) is 46.2 Å². The van der Waals surface area contributed by atoms with Crippen molar-refractivity contribution in [1.29, 1.82) is 0 Å². The molecule has 6 rings (SSSR count). The second-order valence-corrected chi connectivity index (χ2v) is 16.0. The maximum atomic E-state index is 14.4. The number of hydrogen-bond acceptors (Lipinski definition) is 3. The zero-order chi connectivity index (χ0) is 31.9. The first-order valence-corrected chi connectivity index (χ1v) is 16.6. The fourth-order valence-electron chi connectivity index (χ4n) is 4.38. The molecule has 0 saturated heterocycles. The van der Waals surface area contributed by atoms with Crippen LogP contribution in [-0.2, 0) is 20.1 Å². The Morgan fingerprint density at radius 2 is 1.76 bits per heavy atom. The van der Waals surface area contributed by atoms with Crippen LogP contribution in [0.15, 0.2) is 89.6 Å². The predicted octanol–water partition coefficient (Wildman–Crippen LogP) is 9.11. The normalized spacial score (nSPS) is 13.3. The molecular weight excluding hydrogens is 704 g/mol. The van der Waals surface area contributed by atoms with Crippen molar-refractivity contribution in [2.75, 3.05) is 0 Å². The van der Waals surface area contributed by atoms with Gasteiger partial charge in [-0.25, -0.2) is 0 Å². The van der Waals surface area contributed by atoms with E-state index < -0.39 is 20.8 Å². The van der Waals surface area contributed by atoms with Crippen LogP contribution in [0.1, 0.15) is 36.4 Å². The molecule has 0 N–H and O–H groups in total. The molecule has 0 amide bonds. The monoisotopic (exact) mass is 741 g/mol. The third-order valence-corrected chi connectivity index (χ3v) is 8.74. The molecule has 6 aromatic rings. The molecule has 1 radical (unpaired) electrons. The first-order valence-electron chi connectivity index (χ1n) is 15.1. The van der Waals surface area contributed by atoms with Crippen LogP contribution < -0.4 is 5.19 Å².